The summed E-state index contributed by atoms with van der Waals surface area (Å²) in [5.74, 6) is 1.34. The van der Waals surface area contributed by atoms with Gasteiger partial charge in [-0.1, -0.05) is 6.92 Å². The lowest BCUT2D eigenvalue weighted by Crippen LogP contribution is -2.36. The first-order valence-corrected chi connectivity index (χ1v) is 7.21. The van der Waals surface area contributed by atoms with Crippen LogP contribution in [0.3, 0.4) is 0 Å². The van der Waals surface area contributed by atoms with Crippen LogP contribution in [0.1, 0.15) is 33.6 Å². The maximum absolute atomic E-state index is 3.68. The van der Waals surface area contributed by atoms with E-state index in [1.165, 1.54) is 31.7 Å². The Morgan fingerprint density at radius 3 is 2.73 bits per heavy atom. The average Bonchev–Trinajstić information content (AvgIpc) is 2.58. The largest absolute Gasteiger partial charge is 0.313 e. The van der Waals surface area contributed by atoms with Crippen molar-refractivity contribution in [3.63, 3.8) is 0 Å². The van der Waals surface area contributed by atoms with Crippen LogP contribution in [0.25, 0.3) is 0 Å². The van der Waals surface area contributed by atoms with Crippen molar-refractivity contribution in [2.75, 3.05) is 25.9 Å². The summed E-state index contributed by atoms with van der Waals surface area (Å²) < 4.78 is 0. The van der Waals surface area contributed by atoms with Gasteiger partial charge in [0.25, 0.3) is 0 Å². The highest BCUT2D eigenvalue weighted by Gasteiger charge is 2.22. The van der Waals surface area contributed by atoms with Crippen molar-refractivity contribution in [2.24, 2.45) is 0 Å². The molecule has 0 bridgehead atoms. The van der Waals surface area contributed by atoms with E-state index in [9.17, 15) is 0 Å². The molecule has 0 aromatic rings. The van der Waals surface area contributed by atoms with E-state index in [-0.39, 0.29) is 0 Å². The molecule has 1 heterocycles. The van der Waals surface area contributed by atoms with Crippen LogP contribution in [-0.4, -0.2) is 48.1 Å². The van der Waals surface area contributed by atoms with E-state index >= 15 is 0 Å². The van der Waals surface area contributed by atoms with E-state index < -0.39 is 0 Å². The molecule has 0 aromatic carbocycles. The monoisotopic (exact) mass is 230 g/mol. The van der Waals surface area contributed by atoms with Gasteiger partial charge in [0.1, 0.15) is 0 Å². The lowest BCUT2D eigenvalue weighted by Gasteiger charge is -2.22. The fraction of sp³-hybridized carbons (Fsp3) is 1.00. The fourth-order valence-electron chi connectivity index (χ4n) is 1.87. The van der Waals surface area contributed by atoms with E-state index in [2.05, 4.69) is 49.8 Å². The van der Waals surface area contributed by atoms with Crippen molar-refractivity contribution >= 4 is 11.8 Å². The molecule has 90 valence electrons. The van der Waals surface area contributed by atoms with Gasteiger partial charge in [-0.05, 0) is 52.6 Å². The molecule has 0 radical (unpaired) electrons. The molecule has 1 saturated heterocycles. The number of nitrogens with zero attached hydrogens (tertiary/aromatic N) is 1. The number of hydrogen-bond acceptors (Lipinski definition) is 3. The van der Waals surface area contributed by atoms with Crippen LogP contribution in [0, 0.1) is 0 Å². The van der Waals surface area contributed by atoms with E-state index in [1.807, 2.05) is 0 Å². The van der Waals surface area contributed by atoms with Crippen molar-refractivity contribution in [3.05, 3.63) is 0 Å². The second kappa shape index (κ2) is 6.77. The van der Waals surface area contributed by atoms with Crippen molar-refractivity contribution in [3.8, 4) is 0 Å². The van der Waals surface area contributed by atoms with Gasteiger partial charge in [0.2, 0.25) is 0 Å². The predicted octanol–water partition coefficient (Wildman–Crippen LogP) is 2.20. The van der Waals surface area contributed by atoms with E-state index in [0.29, 0.717) is 6.04 Å². The molecule has 1 fully saturated rings. The second-order valence-corrected chi connectivity index (χ2v) is 6.34. The van der Waals surface area contributed by atoms with Crippen LogP contribution in [0.15, 0.2) is 0 Å². The van der Waals surface area contributed by atoms with Gasteiger partial charge in [-0.3, -0.25) is 0 Å². The summed E-state index contributed by atoms with van der Waals surface area (Å²) >= 11 is 2.10. The molecule has 2 atom stereocenters. The molecule has 1 N–H and O–H groups in total. The molecular formula is C12H26N2S. The molecule has 3 heteroatoms. The van der Waals surface area contributed by atoms with Crippen molar-refractivity contribution in [2.45, 2.75) is 50.9 Å². The van der Waals surface area contributed by atoms with Gasteiger partial charge in [-0.2, -0.15) is 11.8 Å². The van der Waals surface area contributed by atoms with Crippen LogP contribution in [0.4, 0.5) is 0 Å². The van der Waals surface area contributed by atoms with E-state index in [1.54, 1.807) is 0 Å². The van der Waals surface area contributed by atoms with Gasteiger partial charge in [0.05, 0.1) is 0 Å². The molecular weight excluding hydrogens is 204 g/mol. The molecule has 0 aliphatic carbocycles. The number of rotatable bonds is 6. The third-order valence-electron chi connectivity index (χ3n) is 3.35. The van der Waals surface area contributed by atoms with Gasteiger partial charge in [-0.25, -0.2) is 0 Å². The summed E-state index contributed by atoms with van der Waals surface area (Å²) in [5.41, 5.74) is 0. The minimum atomic E-state index is 0.672. The fourth-order valence-corrected chi connectivity index (χ4v) is 3.10. The summed E-state index contributed by atoms with van der Waals surface area (Å²) in [5, 5.41) is 4.49. The summed E-state index contributed by atoms with van der Waals surface area (Å²) in [6, 6.07) is 1.44. The van der Waals surface area contributed by atoms with Crippen molar-refractivity contribution < 1.29 is 0 Å². The Morgan fingerprint density at radius 1 is 1.47 bits per heavy atom. The number of thioether (sulfide) groups is 1. The SMILES string of the molecule is CC1SCCC1NCCCN(C)C(C)C. The molecule has 1 aliphatic rings. The van der Waals surface area contributed by atoms with Gasteiger partial charge in [-0.15, -0.1) is 0 Å². The first-order valence-electron chi connectivity index (χ1n) is 6.16. The van der Waals surface area contributed by atoms with Crippen LogP contribution < -0.4 is 5.32 Å². The highest BCUT2D eigenvalue weighted by Crippen LogP contribution is 2.25. The van der Waals surface area contributed by atoms with Crippen molar-refractivity contribution in [1.29, 1.82) is 0 Å². The zero-order valence-electron chi connectivity index (χ0n) is 10.6. The molecule has 0 spiro atoms. The van der Waals surface area contributed by atoms with Crippen LogP contribution in [0.5, 0.6) is 0 Å². The van der Waals surface area contributed by atoms with Crippen LogP contribution in [-0.2, 0) is 0 Å². The summed E-state index contributed by atoms with van der Waals surface area (Å²) in [6.45, 7) is 9.23. The molecule has 15 heavy (non-hydrogen) atoms. The molecule has 0 saturated carbocycles. The molecule has 1 rings (SSSR count). The highest BCUT2D eigenvalue weighted by molar-refractivity contribution is 8.00. The lowest BCUT2D eigenvalue weighted by atomic mass is 10.1. The zero-order chi connectivity index (χ0) is 11.3. The predicted molar refractivity (Wildman–Crippen MR) is 70.7 cm³/mol. The lowest BCUT2D eigenvalue weighted by molar-refractivity contribution is 0.267. The smallest absolute Gasteiger partial charge is 0.0191 e. The Kier molecular flexibility index (Phi) is 6.02. The average molecular weight is 230 g/mol. The van der Waals surface area contributed by atoms with Crippen LogP contribution >= 0.6 is 11.8 Å². The number of hydrogen-bond donors (Lipinski definition) is 1. The molecule has 0 aromatic heterocycles. The molecule has 2 nitrogen and oxygen atoms in total. The Labute approximate surface area is 99.2 Å². The van der Waals surface area contributed by atoms with Gasteiger partial charge in [0.15, 0.2) is 0 Å². The zero-order valence-corrected chi connectivity index (χ0v) is 11.4. The van der Waals surface area contributed by atoms with E-state index in [0.717, 1.165) is 11.3 Å². The maximum Gasteiger partial charge on any atom is 0.0191 e. The third kappa shape index (κ3) is 4.75. The normalized spacial score (nSPS) is 26.8. The third-order valence-corrected chi connectivity index (χ3v) is 4.68. The standard InChI is InChI=1S/C12H26N2S/c1-10(2)14(4)8-5-7-13-12-6-9-15-11(12)3/h10-13H,5-9H2,1-4H3. The first-order chi connectivity index (χ1) is 7.11. The molecule has 0 amide bonds. The Morgan fingerprint density at radius 2 is 2.20 bits per heavy atom. The summed E-state index contributed by atoms with van der Waals surface area (Å²) in [6.07, 6.45) is 2.62. The summed E-state index contributed by atoms with van der Waals surface area (Å²) in [7, 11) is 2.21. The quantitative estimate of drug-likeness (QED) is 0.704. The van der Waals surface area contributed by atoms with Crippen molar-refractivity contribution in [1.82, 2.24) is 10.2 Å². The minimum absolute atomic E-state index is 0.672. The highest BCUT2D eigenvalue weighted by atomic mass is 32.2. The second-order valence-electron chi connectivity index (χ2n) is 4.85. The molecule has 1 aliphatic heterocycles. The minimum Gasteiger partial charge on any atom is -0.313 e. The topological polar surface area (TPSA) is 15.3 Å². The summed E-state index contributed by atoms with van der Waals surface area (Å²) in [4.78, 5) is 2.41. The Balaban J connectivity index is 2.01. The Bertz CT molecular complexity index is 173. The van der Waals surface area contributed by atoms with E-state index in [4.69, 9.17) is 0 Å². The maximum atomic E-state index is 3.68. The molecule has 2 unspecified atom stereocenters. The van der Waals surface area contributed by atoms with Gasteiger partial charge in [0, 0.05) is 17.3 Å². The number of nitrogens with one attached hydrogen (secondary N) is 1. The first kappa shape index (κ1) is 13.3. The Hall–Kier alpha value is 0.270. The van der Waals surface area contributed by atoms with Gasteiger partial charge >= 0.3 is 0 Å². The van der Waals surface area contributed by atoms with Crippen LogP contribution in [0.2, 0.25) is 0 Å². The van der Waals surface area contributed by atoms with Gasteiger partial charge < -0.3 is 10.2 Å².